The zero-order chi connectivity index (χ0) is 17.4. The van der Waals surface area contributed by atoms with Crippen LogP contribution in [0, 0.1) is 11.3 Å². The fraction of sp³-hybridized carbons (Fsp3) is 0.300. The van der Waals surface area contributed by atoms with Crippen molar-refractivity contribution < 1.29 is 14.3 Å². The number of carbonyl (C=O) groups excluding carboxylic acids is 1. The van der Waals surface area contributed by atoms with Crippen LogP contribution < -0.4 is 0 Å². The molecule has 1 fully saturated rings. The van der Waals surface area contributed by atoms with Gasteiger partial charge in [-0.25, -0.2) is 4.79 Å². The molecule has 4 nitrogen and oxygen atoms in total. The van der Waals surface area contributed by atoms with E-state index in [0.717, 1.165) is 18.4 Å². The number of benzene rings is 1. The molecule has 3 rings (SSSR count). The molecule has 1 saturated heterocycles. The highest BCUT2D eigenvalue weighted by molar-refractivity contribution is 5.86. The van der Waals surface area contributed by atoms with Crippen molar-refractivity contribution in [2.24, 2.45) is 0 Å². The van der Waals surface area contributed by atoms with Gasteiger partial charge in [0.2, 0.25) is 0 Å². The number of rotatable bonds is 5. The average molecular weight is 323 g/mol. The first-order valence-corrected chi connectivity index (χ1v) is 7.89. The van der Waals surface area contributed by atoms with Gasteiger partial charge < -0.3 is 9.47 Å². The minimum absolute atomic E-state index is 0.142. The van der Waals surface area contributed by atoms with E-state index in [1.165, 1.54) is 11.1 Å². The van der Waals surface area contributed by atoms with Gasteiger partial charge in [0, 0.05) is 11.1 Å². The zero-order valence-electron chi connectivity index (χ0n) is 13.8. The van der Waals surface area contributed by atoms with E-state index in [0.29, 0.717) is 18.8 Å². The molecule has 1 heterocycles. The smallest absolute Gasteiger partial charge is 0.333 e. The van der Waals surface area contributed by atoms with Gasteiger partial charge in [0.25, 0.3) is 0 Å². The molecule has 0 amide bonds. The molecule has 124 valence electrons. The van der Waals surface area contributed by atoms with Gasteiger partial charge in [-0.2, -0.15) is 5.26 Å². The largest absolute Gasteiger partial charge is 0.459 e. The Labute approximate surface area is 142 Å². The number of carbonyl (C=O) groups is 1. The molecule has 1 aromatic rings. The van der Waals surface area contributed by atoms with Gasteiger partial charge in [-0.15, -0.1) is 0 Å². The predicted octanol–water partition coefficient (Wildman–Crippen LogP) is 3.82. The maximum absolute atomic E-state index is 10.7. The number of nitriles is 1. The molecule has 0 bridgehead atoms. The van der Waals surface area contributed by atoms with Gasteiger partial charge in [-0.3, -0.25) is 0 Å². The van der Waals surface area contributed by atoms with Crippen LogP contribution in [0.25, 0.3) is 6.08 Å². The molecule has 0 spiro atoms. The minimum atomic E-state index is -0.337. The lowest BCUT2D eigenvalue weighted by Gasteiger charge is -2.14. The molecular weight excluding hydrogens is 302 g/mol. The summed E-state index contributed by atoms with van der Waals surface area (Å²) < 4.78 is 9.60. The Morgan fingerprint density at radius 1 is 1.38 bits per heavy atom. The van der Waals surface area contributed by atoms with E-state index < -0.39 is 0 Å². The summed E-state index contributed by atoms with van der Waals surface area (Å²) >= 11 is 0. The molecule has 1 unspecified atom stereocenters. The van der Waals surface area contributed by atoms with Crippen LogP contribution >= 0.6 is 0 Å². The molecule has 0 radical (unpaired) electrons. The van der Waals surface area contributed by atoms with E-state index in [1.807, 2.05) is 18.2 Å². The Hall–Kier alpha value is -2.64. The molecule has 24 heavy (non-hydrogen) atoms. The second-order valence-electron chi connectivity index (χ2n) is 5.69. The van der Waals surface area contributed by atoms with Crippen molar-refractivity contribution in [2.45, 2.75) is 25.9 Å². The molecule has 1 atom stereocenters. The Bertz CT molecular complexity index is 691. The van der Waals surface area contributed by atoms with E-state index >= 15 is 0 Å². The van der Waals surface area contributed by atoms with Crippen molar-refractivity contribution in [3.8, 4) is 6.07 Å². The summed E-state index contributed by atoms with van der Waals surface area (Å²) in [7, 11) is 0. The Kier molecular flexibility index (Phi) is 6.53. The summed E-state index contributed by atoms with van der Waals surface area (Å²) in [6, 6.07) is 12.4. The lowest BCUT2D eigenvalue weighted by molar-refractivity contribution is -0.139. The number of esters is 1. The van der Waals surface area contributed by atoms with Crippen molar-refractivity contribution >= 4 is 12.0 Å². The second kappa shape index (κ2) is 8.85. The Morgan fingerprint density at radius 3 is 2.58 bits per heavy atom. The van der Waals surface area contributed by atoms with Gasteiger partial charge in [-0.05, 0) is 30.9 Å². The van der Waals surface area contributed by atoms with Crippen LogP contribution in [0.15, 0.2) is 59.7 Å². The predicted molar refractivity (Wildman–Crippen MR) is 92.9 cm³/mol. The van der Waals surface area contributed by atoms with Gasteiger partial charge in [0.05, 0.1) is 12.7 Å². The summed E-state index contributed by atoms with van der Waals surface area (Å²) in [6.07, 6.45) is 6.25. The van der Waals surface area contributed by atoms with E-state index in [2.05, 4.69) is 36.9 Å². The van der Waals surface area contributed by atoms with Crippen LogP contribution in [0.5, 0.6) is 0 Å². The van der Waals surface area contributed by atoms with Crippen molar-refractivity contribution in [3.63, 3.8) is 0 Å². The van der Waals surface area contributed by atoms with E-state index in [9.17, 15) is 4.79 Å². The normalized spacial score (nSPS) is 18.1. The quantitative estimate of drug-likeness (QED) is 0.469. The number of allylic oxidation sites excluding steroid dienone is 3. The molecule has 4 heteroatoms. The highest BCUT2D eigenvalue weighted by Crippen LogP contribution is 2.28. The summed E-state index contributed by atoms with van der Waals surface area (Å²) in [5.41, 5.74) is 3.75. The van der Waals surface area contributed by atoms with Crippen LogP contribution in [0.3, 0.4) is 0 Å². The molecule has 2 aliphatic rings. The lowest BCUT2D eigenvalue weighted by Crippen LogP contribution is -2.09. The number of hydrogen-bond acceptors (Lipinski definition) is 4. The summed E-state index contributed by atoms with van der Waals surface area (Å²) in [5, 5.41) is 8.71. The number of ether oxygens (including phenoxy) is 2. The standard InChI is InChI=1S/C13H11N.C7H10O3/c14-10-13-9-8-12(13)7-6-11-4-2-1-3-5-11;1-5(2)7(8)10-4-6-3-9-6/h1-7H,8-9H2;6H,1,3-4H2,2H3. The monoisotopic (exact) mass is 323 g/mol. The Balaban J connectivity index is 0.000000185. The average Bonchev–Trinajstić information content (AvgIpc) is 3.38. The molecule has 0 N–H and O–H groups in total. The van der Waals surface area contributed by atoms with E-state index in [4.69, 9.17) is 14.7 Å². The van der Waals surface area contributed by atoms with E-state index in [-0.39, 0.29) is 12.1 Å². The third kappa shape index (κ3) is 5.86. The summed E-state index contributed by atoms with van der Waals surface area (Å²) in [4.78, 5) is 10.7. The summed E-state index contributed by atoms with van der Waals surface area (Å²) in [6.45, 7) is 6.14. The van der Waals surface area contributed by atoms with Crippen molar-refractivity contribution in [1.82, 2.24) is 0 Å². The highest BCUT2D eigenvalue weighted by atomic mass is 16.6. The van der Waals surface area contributed by atoms with Crippen LogP contribution in [0.1, 0.15) is 25.3 Å². The lowest BCUT2D eigenvalue weighted by atomic mass is 9.89. The van der Waals surface area contributed by atoms with Gasteiger partial charge in [0.15, 0.2) is 0 Å². The molecule has 0 saturated carbocycles. The second-order valence-corrected chi connectivity index (χ2v) is 5.69. The van der Waals surface area contributed by atoms with Gasteiger partial charge >= 0.3 is 5.97 Å². The highest BCUT2D eigenvalue weighted by Gasteiger charge is 2.24. The van der Waals surface area contributed by atoms with Crippen molar-refractivity contribution in [2.75, 3.05) is 13.2 Å². The first-order chi connectivity index (χ1) is 11.6. The van der Waals surface area contributed by atoms with Crippen LogP contribution in [0.2, 0.25) is 0 Å². The molecule has 1 aliphatic heterocycles. The third-order valence-corrected chi connectivity index (χ3v) is 3.59. The molecule has 1 aromatic carbocycles. The SMILES string of the molecule is C=C(C)C(=O)OCC1CO1.N#CC1=C(C=Cc2ccccc2)CC1. The van der Waals surface area contributed by atoms with Crippen LogP contribution in [-0.4, -0.2) is 25.3 Å². The number of epoxide rings is 1. The van der Waals surface area contributed by atoms with Crippen LogP contribution in [-0.2, 0) is 14.3 Å². The third-order valence-electron chi connectivity index (χ3n) is 3.59. The van der Waals surface area contributed by atoms with Crippen LogP contribution in [0.4, 0.5) is 0 Å². The molecular formula is C20H21NO3. The van der Waals surface area contributed by atoms with Crippen molar-refractivity contribution in [1.29, 1.82) is 5.26 Å². The topological polar surface area (TPSA) is 62.6 Å². The number of nitrogens with zero attached hydrogens (tertiary/aromatic N) is 1. The first kappa shape index (κ1) is 17.7. The van der Waals surface area contributed by atoms with Crippen molar-refractivity contribution in [3.05, 3.63) is 65.3 Å². The van der Waals surface area contributed by atoms with E-state index in [1.54, 1.807) is 6.92 Å². The maximum atomic E-state index is 10.7. The fourth-order valence-electron chi connectivity index (χ4n) is 1.92. The maximum Gasteiger partial charge on any atom is 0.333 e. The zero-order valence-corrected chi connectivity index (χ0v) is 13.8. The summed E-state index contributed by atoms with van der Waals surface area (Å²) in [5.74, 6) is -0.337. The Morgan fingerprint density at radius 2 is 2.08 bits per heavy atom. The molecule has 0 aromatic heterocycles. The fourth-order valence-corrected chi connectivity index (χ4v) is 1.92. The molecule has 1 aliphatic carbocycles. The van der Waals surface area contributed by atoms with Gasteiger partial charge in [0.1, 0.15) is 12.7 Å². The van der Waals surface area contributed by atoms with Gasteiger partial charge in [-0.1, -0.05) is 49.1 Å². The number of hydrogen-bond donors (Lipinski definition) is 0. The first-order valence-electron chi connectivity index (χ1n) is 7.89. The minimum Gasteiger partial charge on any atom is -0.459 e.